The van der Waals surface area contributed by atoms with E-state index in [4.69, 9.17) is 9.51 Å². The Kier molecular flexibility index (Phi) is 4.93. The van der Waals surface area contributed by atoms with Crippen molar-refractivity contribution in [1.82, 2.24) is 29.8 Å². The van der Waals surface area contributed by atoms with Crippen molar-refractivity contribution < 1.29 is 9.32 Å². The van der Waals surface area contributed by atoms with E-state index >= 15 is 0 Å². The number of aryl methyl sites for hydroxylation is 4. The quantitative estimate of drug-likeness (QED) is 0.675. The molecule has 0 radical (unpaired) electrons. The van der Waals surface area contributed by atoms with Crippen molar-refractivity contribution >= 4 is 5.91 Å². The van der Waals surface area contributed by atoms with E-state index in [1.807, 2.05) is 31.3 Å². The van der Waals surface area contributed by atoms with E-state index in [1.165, 1.54) is 0 Å². The Labute approximate surface area is 163 Å². The molecule has 0 spiro atoms. The molecule has 1 amide bonds. The van der Waals surface area contributed by atoms with Crippen molar-refractivity contribution in [1.29, 1.82) is 0 Å². The normalized spacial score (nSPS) is 16.7. The van der Waals surface area contributed by atoms with Crippen LogP contribution in [0.15, 0.2) is 29.0 Å². The molecule has 1 atom stereocenters. The first-order chi connectivity index (χ1) is 13.5. The standard InChI is InChI=1S/C20H24N6O2/c1-13-8-16(17-10-21-25(3)11-17)9-18(22-13)15-6-7-26(12-15)20(27)5-4-19-23-14(2)24-28-19/h8-11,15H,4-7,12H2,1-3H3/t15-/m0/s1. The van der Waals surface area contributed by atoms with Crippen molar-refractivity contribution in [2.75, 3.05) is 13.1 Å². The third-order valence-corrected chi connectivity index (χ3v) is 5.09. The van der Waals surface area contributed by atoms with Gasteiger partial charge in [-0.15, -0.1) is 0 Å². The van der Waals surface area contributed by atoms with Crippen LogP contribution < -0.4 is 0 Å². The van der Waals surface area contributed by atoms with Gasteiger partial charge in [0, 0.05) is 62.0 Å². The maximum atomic E-state index is 12.6. The number of likely N-dealkylation sites (tertiary alicyclic amines) is 1. The number of carbonyl (C=O) groups is 1. The van der Waals surface area contributed by atoms with Gasteiger partial charge in [-0.05, 0) is 38.0 Å². The molecule has 0 unspecified atom stereocenters. The predicted octanol–water partition coefficient (Wildman–Crippen LogP) is 2.43. The molecule has 1 aliphatic heterocycles. The minimum absolute atomic E-state index is 0.124. The van der Waals surface area contributed by atoms with Gasteiger partial charge in [0.05, 0.1) is 6.20 Å². The Morgan fingerprint density at radius 3 is 2.82 bits per heavy atom. The van der Waals surface area contributed by atoms with Gasteiger partial charge >= 0.3 is 0 Å². The molecular formula is C20H24N6O2. The minimum Gasteiger partial charge on any atom is -0.342 e. The summed E-state index contributed by atoms with van der Waals surface area (Å²) in [6.07, 6.45) is 5.66. The third kappa shape index (κ3) is 3.95. The van der Waals surface area contributed by atoms with Crippen LogP contribution in [0.2, 0.25) is 0 Å². The lowest BCUT2D eigenvalue weighted by Crippen LogP contribution is -2.28. The van der Waals surface area contributed by atoms with Gasteiger partial charge in [-0.2, -0.15) is 10.1 Å². The zero-order valence-corrected chi connectivity index (χ0v) is 16.4. The van der Waals surface area contributed by atoms with Crippen molar-refractivity contribution in [3.05, 3.63) is 47.6 Å². The molecule has 3 aromatic heterocycles. The van der Waals surface area contributed by atoms with Crippen LogP contribution in [-0.4, -0.2) is 48.8 Å². The van der Waals surface area contributed by atoms with E-state index in [0.29, 0.717) is 31.1 Å². The zero-order chi connectivity index (χ0) is 19.7. The molecule has 0 aliphatic carbocycles. The van der Waals surface area contributed by atoms with Crippen LogP contribution in [0.4, 0.5) is 0 Å². The van der Waals surface area contributed by atoms with Gasteiger partial charge in [0.25, 0.3) is 0 Å². The number of amides is 1. The Morgan fingerprint density at radius 1 is 1.25 bits per heavy atom. The highest BCUT2D eigenvalue weighted by Crippen LogP contribution is 2.30. The number of hydrogen-bond donors (Lipinski definition) is 0. The first kappa shape index (κ1) is 18.3. The van der Waals surface area contributed by atoms with Gasteiger partial charge in [-0.3, -0.25) is 14.5 Å². The van der Waals surface area contributed by atoms with Crippen LogP contribution in [0.25, 0.3) is 11.1 Å². The number of carbonyl (C=O) groups excluding carboxylic acids is 1. The Bertz CT molecular complexity index is 992. The van der Waals surface area contributed by atoms with E-state index in [9.17, 15) is 4.79 Å². The molecule has 8 nitrogen and oxygen atoms in total. The Hall–Kier alpha value is -3.03. The summed E-state index contributed by atoms with van der Waals surface area (Å²) in [5.74, 6) is 1.49. The Balaban J connectivity index is 1.42. The molecule has 0 saturated carbocycles. The lowest BCUT2D eigenvalue weighted by molar-refractivity contribution is -0.130. The van der Waals surface area contributed by atoms with Crippen LogP contribution in [0.1, 0.15) is 41.9 Å². The summed E-state index contributed by atoms with van der Waals surface area (Å²) in [4.78, 5) is 23.4. The van der Waals surface area contributed by atoms with Crippen LogP contribution in [-0.2, 0) is 18.3 Å². The molecule has 28 heavy (non-hydrogen) atoms. The van der Waals surface area contributed by atoms with E-state index in [1.54, 1.807) is 11.6 Å². The molecule has 0 bridgehead atoms. The fourth-order valence-corrected chi connectivity index (χ4v) is 3.68. The topological polar surface area (TPSA) is 89.9 Å². The van der Waals surface area contributed by atoms with Crippen molar-refractivity contribution in [3.63, 3.8) is 0 Å². The second-order valence-electron chi connectivity index (χ2n) is 7.39. The molecule has 146 valence electrons. The fourth-order valence-electron chi connectivity index (χ4n) is 3.68. The first-order valence-electron chi connectivity index (χ1n) is 9.52. The SMILES string of the molecule is Cc1cc(-c2cnn(C)c2)cc([C@H]2CCN(C(=O)CCc3nc(C)no3)C2)n1. The molecule has 1 aliphatic rings. The monoisotopic (exact) mass is 380 g/mol. The van der Waals surface area contributed by atoms with Crippen LogP contribution in [0.5, 0.6) is 0 Å². The summed E-state index contributed by atoms with van der Waals surface area (Å²) in [6, 6.07) is 4.20. The number of aromatic nitrogens is 5. The highest BCUT2D eigenvalue weighted by Gasteiger charge is 2.28. The second-order valence-corrected chi connectivity index (χ2v) is 7.39. The van der Waals surface area contributed by atoms with Gasteiger partial charge in [0.15, 0.2) is 5.82 Å². The second kappa shape index (κ2) is 7.53. The maximum Gasteiger partial charge on any atom is 0.227 e. The molecular weight excluding hydrogens is 356 g/mol. The van der Waals surface area contributed by atoms with E-state index in [0.717, 1.165) is 35.5 Å². The highest BCUT2D eigenvalue weighted by atomic mass is 16.5. The van der Waals surface area contributed by atoms with Gasteiger partial charge in [-0.1, -0.05) is 5.16 Å². The van der Waals surface area contributed by atoms with E-state index in [2.05, 4.69) is 27.4 Å². The van der Waals surface area contributed by atoms with E-state index in [-0.39, 0.29) is 11.8 Å². The number of hydrogen-bond acceptors (Lipinski definition) is 6. The molecule has 8 heteroatoms. The number of pyridine rings is 1. The summed E-state index contributed by atoms with van der Waals surface area (Å²) in [6.45, 7) is 5.23. The molecule has 3 aromatic rings. The number of nitrogens with zero attached hydrogens (tertiary/aromatic N) is 6. The highest BCUT2D eigenvalue weighted by molar-refractivity contribution is 5.76. The van der Waals surface area contributed by atoms with E-state index < -0.39 is 0 Å². The summed E-state index contributed by atoms with van der Waals surface area (Å²) in [5, 5.41) is 8.02. The minimum atomic E-state index is 0.124. The lowest BCUT2D eigenvalue weighted by atomic mass is 10.00. The molecule has 1 fully saturated rings. The van der Waals surface area contributed by atoms with Crippen LogP contribution >= 0.6 is 0 Å². The summed E-state index contributed by atoms with van der Waals surface area (Å²) < 4.78 is 6.89. The van der Waals surface area contributed by atoms with Crippen LogP contribution in [0, 0.1) is 13.8 Å². The van der Waals surface area contributed by atoms with Crippen molar-refractivity contribution in [2.45, 2.75) is 39.0 Å². The molecule has 0 aromatic carbocycles. The average Bonchev–Trinajstić information content (AvgIpc) is 3.40. The third-order valence-electron chi connectivity index (χ3n) is 5.09. The average molecular weight is 380 g/mol. The van der Waals surface area contributed by atoms with Crippen molar-refractivity contribution in [2.24, 2.45) is 7.05 Å². The van der Waals surface area contributed by atoms with Crippen LogP contribution in [0.3, 0.4) is 0 Å². The fraction of sp³-hybridized carbons (Fsp3) is 0.450. The molecule has 4 rings (SSSR count). The smallest absolute Gasteiger partial charge is 0.227 e. The van der Waals surface area contributed by atoms with Gasteiger partial charge in [0.2, 0.25) is 11.8 Å². The maximum absolute atomic E-state index is 12.6. The first-order valence-corrected chi connectivity index (χ1v) is 9.52. The van der Waals surface area contributed by atoms with Gasteiger partial charge < -0.3 is 9.42 Å². The summed E-state index contributed by atoms with van der Waals surface area (Å²) in [7, 11) is 1.91. The van der Waals surface area contributed by atoms with Gasteiger partial charge in [-0.25, -0.2) is 0 Å². The van der Waals surface area contributed by atoms with Crippen molar-refractivity contribution in [3.8, 4) is 11.1 Å². The largest absolute Gasteiger partial charge is 0.342 e. The summed E-state index contributed by atoms with van der Waals surface area (Å²) in [5.41, 5.74) is 4.22. The van der Waals surface area contributed by atoms with Gasteiger partial charge in [0.1, 0.15) is 0 Å². The number of rotatable bonds is 5. The molecule has 1 saturated heterocycles. The summed E-state index contributed by atoms with van der Waals surface area (Å²) >= 11 is 0. The zero-order valence-electron chi connectivity index (χ0n) is 16.4. The molecule has 4 heterocycles. The lowest BCUT2D eigenvalue weighted by Gasteiger charge is -2.16. The molecule has 0 N–H and O–H groups in total. The Morgan fingerprint density at radius 2 is 2.11 bits per heavy atom. The predicted molar refractivity (Wildman–Crippen MR) is 102 cm³/mol.